The normalized spacial score (nSPS) is 12.9. The molecule has 414 valence electrons. The first kappa shape index (κ1) is 68.6. The van der Waals surface area contributed by atoms with Gasteiger partial charge in [0.25, 0.3) is 0 Å². The van der Waals surface area contributed by atoms with Crippen LogP contribution in [0, 0.1) is 0 Å². The molecule has 4 nitrogen and oxygen atoms in total. The minimum Gasteiger partial charge on any atom is -0.394 e. The number of aliphatic hydroxyl groups is 2. The Bertz CT molecular complexity index is 1070. The maximum Gasteiger partial charge on any atom is 0.220 e. The molecule has 70 heavy (non-hydrogen) atoms. The van der Waals surface area contributed by atoms with Crippen LogP contribution in [0.15, 0.2) is 36.5 Å². The van der Waals surface area contributed by atoms with Crippen molar-refractivity contribution in [2.75, 3.05) is 6.61 Å². The molecule has 0 radical (unpaired) electrons. The van der Waals surface area contributed by atoms with Crippen molar-refractivity contribution in [3.05, 3.63) is 36.5 Å². The largest absolute Gasteiger partial charge is 0.394 e. The van der Waals surface area contributed by atoms with Crippen LogP contribution in [0.2, 0.25) is 0 Å². The molecule has 0 spiro atoms. The van der Waals surface area contributed by atoms with Crippen molar-refractivity contribution in [2.24, 2.45) is 0 Å². The number of amides is 1. The Labute approximate surface area is 440 Å². The average molecular weight is 983 g/mol. The summed E-state index contributed by atoms with van der Waals surface area (Å²) in [6, 6.07) is -0.622. The van der Waals surface area contributed by atoms with E-state index in [-0.39, 0.29) is 12.5 Å². The Hall–Kier alpha value is -1.39. The first-order valence-electron chi connectivity index (χ1n) is 32.2. The van der Waals surface area contributed by atoms with E-state index in [4.69, 9.17) is 0 Å². The predicted octanol–water partition coefficient (Wildman–Crippen LogP) is 21.6. The van der Waals surface area contributed by atoms with Crippen LogP contribution < -0.4 is 5.32 Å². The molecule has 0 heterocycles. The fourth-order valence-corrected chi connectivity index (χ4v) is 10.2. The maximum atomic E-state index is 12.5. The number of hydrogen-bond acceptors (Lipinski definition) is 3. The van der Waals surface area contributed by atoms with E-state index in [1.165, 1.54) is 308 Å². The molecule has 4 heteroatoms. The molecule has 0 aliphatic heterocycles. The molecule has 2 atom stereocenters. The number of rotatable bonds is 60. The third kappa shape index (κ3) is 57.5. The van der Waals surface area contributed by atoms with Crippen LogP contribution in [0.25, 0.3) is 0 Å². The summed E-state index contributed by atoms with van der Waals surface area (Å²) in [5.74, 6) is -0.0575. The van der Waals surface area contributed by atoms with Crippen molar-refractivity contribution in [3.63, 3.8) is 0 Å². The Morgan fingerprint density at radius 1 is 0.343 bits per heavy atom. The fourth-order valence-electron chi connectivity index (χ4n) is 10.2. The second-order valence-electron chi connectivity index (χ2n) is 22.2. The van der Waals surface area contributed by atoms with E-state index in [1.807, 2.05) is 6.08 Å². The summed E-state index contributed by atoms with van der Waals surface area (Å²) < 4.78 is 0. The molecule has 0 saturated heterocycles. The SMILES string of the molecule is CCCCCCCCCCC/C=C\C/C=C\CCCCCCCCCCCCCCCCCCCC(=O)NC(CO)C(O)/C=C/CCCCCCCCCCCCCCCCCCCCCCCCC. The highest BCUT2D eigenvalue weighted by Crippen LogP contribution is 2.18. The van der Waals surface area contributed by atoms with E-state index in [2.05, 4.69) is 43.5 Å². The summed E-state index contributed by atoms with van der Waals surface area (Å²) in [4.78, 5) is 12.5. The summed E-state index contributed by atoms with van der Waals surface area (Å²) in [7, 11) is 0. The van der Waals surface area contributed by atoms with E-state index in [0.29, 0.717) is 6.42 Å². The molecule has 0 fully saturated rings. The Kier molecular flexibility index (Phi) is 60.7. The minimum atomic E-state index is -0.839. The zero-order chi connectivity index (χ0) is 50.6. The molecule has 3 N–H and O–H groups in total. The predicted molar refractivity (Wildman–Crippen MR) is 313 cm³/mol. The molecule has 2 unspecified atom stereocenters. The van der Waals surface area contributed by atoms with Gasteiger partial charge in [-0.2, -0.15) is 0 Å². The monoisotopic (exact) mass is 982 g/mol. The lowest BCUT2D eigenvalue weighted by atomic mass is 10.0. The molecule has 0 rings (SSSR count). The van der Waals surface area contributed by atoms with Crippen LogP contribution in [-0.4, -0.2) is 34.9 Å². The quantitative estimate of drug-likeness (QED) is 0.0420. The highest BCUT2D eigenvalue weighted by atomic mass is 16.3. The van der Waals surface area contributed by atoms with Crippen LogP contribution in [-0.2, 0) is 4.79 Å². The molecule has 0 aromatic heterocycles. The lowest BCUT2D eigenvalue weighted by molar-refractivity contribution is -0.123. The molecule has 1 amide bonds. The summed E-state index contributed by atoms with van der Waals surface area (Å²) in [6.07, 6.45) is 84.9. The minimum absolute atomic E-state index is 0.0575. The van der Waals surface area contributed by atoms with Crippen molar-refractivity contribution < 1.29 is 15.0 Å². The number of unbranched alkanes of at least 4 members (excludes halogenated alkanes) is 49. The molecular weight excluding hydrogens is 855 g/mol. The van der Waals surface area contributed by atoms with Gasteiger partial charge in [-0.1, -0.05) is 339 Å². The van der Waals surface area contributed by atoms with Gasteiger partial charge in [-0.05, 0) is 51.4 Å². The van der Waals surface area contributed by atoms with E-state index in [1.54, 1.807) is 6.08 Å². The maximum absolute atomic E-state index is 12.5. The van der Waals surface area contributed by atoms with Crippen LogP contribution in [0.5, 0.6) is 0 Å². The number of hydrogen-bond donors (Lipinski definition) is 3. The molecule has 0 aliphatic rings. The van der Waals surface area contributed by atoms with Crippen LogP contribution in [0.4, 0.5) is 0 Å². The zero-order valence-electron chi connectivity index (χ0n) is 47.8. The summed E-state index contributed by atoms with van der Waals surface area (Å²) in [5.41, 5.74) is 0. The highest BCUT2D eigenvalue weighted by Gasteiger charge is 2.18. The van der Waals surface area contributed by atoms with Gasteiger partial charge < -0.3 is 15.5 Å². The summed E-state index contributed by atoms with van der Waals surface area (Å²) >= 11 is 0. The van der Waals surface area contributed by atoms with Gasteiger partial charge in [0.05, 0.1) is 18.8 Å². The zero-order valence-corrected chi connectivity index (χ0v) is 47.8. The van der Waals surface area contributed by atoms with Gasteiger partial charge >= 0.3 is 0 Å². The van der Waals surface area contributed by atoms with Gasteiger partial charge in [0.1, 0.15) is 0 Å². The number of aliphatic hydroxyl groups excluding tert-OH is 2. The number of nitrogens with one attached hydrogen (secondary N) is 1. The number of allylic oxidation sites excluding steroid dienone is 5. The highest BCUT2D eigenvalue weighted by molar-refractivity contribution is 5.76. The van der Waals surface area contributed by atoms with Crippen molar-refractivity contribution in [2.45, 2.75) is 373 Å². The van der Waals surface area contributed by atoms with Crippen LogP contribution in [0.3, 0.4) is 0 Å². The van der Waals surface area contributed by atoms with Crippen molar-refractivity contribution >= 4 is 5.91 Å². The first-order chi connectivity index (χ1) is 34.7. The average Bonchev–Trinajstić information content (AvgIpc) is 3.36. The van der Waals surface area contributed by atoms with Gasteiger partial charge in [-0.25, -0.2) is 0 Å². The molecule has 0 saturated carbocycles. The van der Waals surface area contributed by atoms with Gasteiger partial charge in [0.2, 0.25) is 5.91 Å². The van der Waals surface area contributed by atoms with E-state index < -0.39 is 12.1 Å². The molecule has 0 bridgehead atoms. The Balaban J connectivity index is 3.44. The third-order valence-corrected chi connectivity index (χ3v) is 15.1. The van der Waals surface area contributed by atoms with Crippen molar-refractivity contribution in [1.29, 1.82) is 0 Å². The molecule has 0 aromatic carbocycles. The van der Waals surface area contributed by atoms with Crippen molar-refractivity contribution in [1.82, 2.24) is 5.32 Å². The molecule has 0 aromatic rings. The first-order valence-corrected chi connectivity index (χ1v) is 32.2. The van der Waals surface area contributed by atoms with Crippen LogP contribution >= 0.6 is 0 Å². The Morgan fingerprint density at radius 3 is 0.857 bits per heavy atom. The summed E-state index contributed by atoms with van der Waals surface area (Å²) in [5, 5.41) is 23.3. The molecular formula is C66H127NO3. The molecule has 0 aliphatic carbocycles. The van der Waals surface area contributed by atoms with Gasteiger partial charge in [0.15, 0.2) is 0 Å². The van der Waals surface area contributed by atoms with E-state index in [0.717, 1.165) is 32.1 Å². The van der Waals surface area contributed by atoms with Gasteiger partial charge in [0, 0.05) is 6.42 Å². The fraction of sp³-hybridized carbons (Fsp3) is 0.894. The second-order valence-corrected chi connectivity index (χ2v) is 22.2. The topological polar surface area (TPSA) is 69.6 Å². The summed E-state index contributed by atoms with van der Waals surface area (Å²) in [6.45, 7) is 4.35. The van der Waals surface area contributed by atoms with E-state index in [9.17, 15) is 15.0 Å². The van der Waals surface area contributed by atoms with Gasteiger partial charge in [-0.3, -0.25) is 4.79 Å². The smallest absolute Gasteiger partial charge is 0.220 e. The standard InChI is InChI=1S/C66H127NO3/c1-3-5-7-9-11-13-15-17-19-21-23-25-27-29-30-31-32-33-34-35-36-38-40-42-44-46-48-50-52-54-56-58-60-62-66(70)67-64(63-68)65(69)61-59-57-55-53-51-49-47-45-43-41-39-37-28-26-24-22-20-18-16-14-12-10-8-6-4-2/h23,25,29-30,59,61,64-65,68-69H,3-22,24,26-28,31-58,60,62-63H2,1-2H3,(H,67,70)/b25-23-,30-29-,61-59+. The lowest BCUT2D eigenvalue weighted by Crippen LogP contribution is -2.45. The second kappa shape index (κ2) is 61.9. The number of carbonyl (C=O) groups excluding carboxylic acids is 1. The third-order valence-electron chi connectivity index (χ3n) is 15.1. The lowest BCUT2D eigenvalue weighted by Gasteiger charge is -2.20. The van der Waals surface area contributed by atoms with Crippen molar-refractivity contribution in [3.8, 4) is 0 Å². The van der Waals surface area contributed by atoms with Crippen LogP contribution in [0.1, 0.15) is 361 Å². The van der Waals surface area contributed by atoms with E-state index >= 15 is 0 Å². The Morgan fingerprint density at radius 2 is 0.586 bits per heavy atom. The van der Waals surface area contributed by atoms with Gasteiger partial charge in [-0.15, -0.1) is 0 Å². The number of carbonyl (C=O) groups is 1.